The lowest BCUT2D eigenvalue weighted by Crippen LogP contribution is -2.51. The summed E-state index contributed by atoms with van der Waals surface area (Å²) in [4.78, 5) is 39.4. The number of fused-ring (bicyclic) bond motifs is 1. The van der Waals surface area contributed by atoms with Crippen molar-refractivity contribution in [2.24, 2.45) is 0 Å². The summed E-state index contributed by atoms with van der Waals surface area (Å²) in [5.41, 5.74) is 1.88. The second-order valence-electron chi connectivity index (χ2n) is 6.38. The molecule has 2 heterocycles. The van der Waals surface area contributed by atoms with Gasteiger partial charge in [0.25, 0.3) is 5.91 Å². The van der Waals surface area contributed by atoms with E-state index >= 15 is 0 Å². The summed E-state index contributed by atoms with van der Waals surface area (Å²) in [6, 6.07) is 7.52. The van der Waals surface area contributed by atoms with Crippen LogP contribution < -0.4 is 0 Å². The molecule has 0 bridgehead atoms. The summed E-state index contributed by atoms with van der Waals surface area (Å²) in [5, 5.41) is 0. The van der Waals surface area contributed by atoms with Gasteiger partial charge in [-0.15, -0.1) is 0 Å². The third-order valence-electron chi connectivity index (χ3n) is 4.80. The molecule has 1 fully saturated rings. The van der Waals surface area contributed by atoms with Gasteiger partial charge in [-0.05, 0) is 26.0 Å². The lowest BCUT2D eigenvalue weighted by molar-refractivity contribution is -0.132. The van der Waals surface area contributed by atoms with Gasteiger partial charge in [0.2, 0.25) is 5.91 Å². The second kappa shape index (κ2) is 8.23. The average Bonchev–Trinajstić information content (AvgIpc) is 2.68. The smallest absolute Gasteiger partial charge is 0.274 e. The molecule has 7 nitrogen and oxygen atoms in total. The number of likely N-dealkylation sites (N-methyl/N-ethyl adjacent to an activating group) is 1. The Labute approximate surface area is 153 Å². The molecule has 0 spiro atoms. The van der Waals surface area contributed by atoms with Crippen LogP contribution in [0, 0.1) is 0 Å². The summed E-state index contributed by atoms with van der Waals surface area (Å²) in [7, 11) is 0. The zero-order valence-electron chi connectivity index (χ0n) is 15.4. The van der Waals surface area contributed by atoms with Crippen molar-refractivity contribution in [1.29, 1.82) is 0 Å². The molecule has 26 heavy (non-hydrogen) atoms. The summed E-state index contributed by atoms with van der Waals surface area (Å²) in [6.07, 6.45) is 1.54. The zero-order valence-corrected chi connectivity index (χ0v) is 15.4. The number of hydrogen-bond acceptors (Lipinski definition) is 5. The van der Waals surface area contributed by atoms with Crippen molar-refractivity contribution in [3.05, 3.63) is 36.2 Å². The van der Waals surface area contributed by atoms with E-state index in [0.29, 0.717) is 38.4 Å². The van der Waals surface area contributed by atoms with Crippen LogP contribution in [0.3, 0.4) is 0 Å². The van der Waals surface area contributed by atoms with Crippen LogP contribution in [0.15, 0.2) is 30.5 Å². The highest BCUT2D eigenvalue weighted by molar-refractivity contribution is 5.93. The number of hydrogen-bond donors (Lipinski definition) is 0. The molecule has 1 saturated heterocycles. The van der Waals surface area contributed by atoms with Crippen LogP contribution in [0.5, 0.6) is 0 Å². The summed E-state index contributed by atoms with van der Waals surface area (Å²) < 4.78 is 0. The molecule has 0 aliphatic carbocycles. The van der Waals surface area contributed by atoms with E-state index in [1.807, 2.05) is 43.0 Å². The van der Waals surface area contributed by atoms with Crippen LogP contribution >= 0.6 is 0 Å². The lowest BCUT2D eigenvalue weighted by Gasteiger charge is -2.35. The van der Waals surface area contributed by atoms with Gasteiger partial charge in [-0.25, -0.2) is 4.98 Å². The van der Waals surface area contributed by atoms with Gasteiger partial charge in [0.1, 0.15) is 5.69 Å². The molecule has 1 aliphatic rings. The lowest BCUT2D eigenvalue weighted by atomic mass is 10.2. The maximum atomic E-state index is 12.7. The Morgan fingerprint density at radius 3 is 2.35 bits per heavy atom. The Balaban J connectivity index is 1.58. The minimum atomic E-state index is -0.0991. The van der Waals surface area contributed by atoms with Crippen LogP contribution in [0.4, 0.5) is 0 Å². The maximum Gasteiger partial charge on any atom is 0.274 e. The number of piperazine rings is 1. The first kappa shape index (κ1) is 18.3. The molecule has 1 aliphatic heterocycles. The minimum absolute atomic E-state index is 0.0991. The van der Waals surface area contributed by atoms with Crippen LogP contribution in [-0.2, 0) is 4.79 Å². The summed E-state index contributed by atoms with van der Waals surface area (Å²) in [5.74, 6) is 0.0492. The number of carbonyl (C=O) groups is 2. The first-order valence-electron chi connectivity index (χ1n) is 9.13. The zero-order chi connectivity index (χ0) is 18.5. The normalized spacial score (nSPS) is 15.2. The van der Waals surface area contributed by atoms with E-state index < -0.39 is 0 Å². The Kier molecular flexibility index (Phi) is 5.78. The number of aromatic nitrogens is 2. The average molecular weight is 355 g/mol. The number of rotatable bonds is 5. The van der Waals surface area contributed by atoms with E-state index in [0.717, 1.165) is 24.1 Å². The Bertz CT molecular complexity index is 782. The van der Waals surface area contributed by atoms with Crippen molar-refractivity contribution in [1.82, 2.24) is 24.7 Å². The van der Waals surface area contributed by atoms with Crippen molar-refractivity contribution >= 4 is 22.8 Å². The van der Waals surface area contributed by atoms with Crippen LogP contribution in [-0.4, -0.2) is 82.3 Å². The highest BCUT2D eigenvalue weighted by Crippen LogP contribution is 2.12. The van der Waals surface area contributed by atoms with Crippen molar-refractivity contribution in [2.45, 2.75) is 13.8 Å². The standard InChI is InChI=1S/C19H25N5O2/c1-3-23(4-2)18(25)14-22-9-11-24(12-10-22)19(26)17-13-20-15-7-5-6-8-16(15)21-17/h5-8,13H,3-4,9-12,14H2,1-2H3. The minimum Gasteiger partial charge on any atom is -0.342 e. The predicted octanol–water partition coefficient (Wildman–Crippen LogP) is 1.26. The van der Waals surface area contributed by atoms with E-state index in [-0.39, 0.29) is 11.8 Å². The van der Waals surface area contributed by atoms with E-state index in [1.54, 1.807) is 11.1 Å². The Hall–Kier alpha value is -2.54. The first-order valence-corrected chi connectivity index (χ1v) is 9.13. The Morgan fingerprint density at radius 1 is 1.04 bits per heavy atom. The van der Waals surface area contributed by atoms with Gasteiger partial charge in [-0.2, -0.15) is 0 Å². The highest BCUT2D eigenvalue weighted by atomic mass is 16.2. The number of nitrogens with zero attached hydrogens (tertiary/aromatic N) is 5. The van der Waals surface area contributed by atoms with Gasteiger partial charge in [0, 0.05) is 39.3 Å². The van der Waals surface area contributed by atoms with E-state index in [9.17, 15) is 9.59 Å². The fraction of sp³-hybridized carbons (Fsp3) is 0.474. The third-order valence-corrected chi connectivity index (χ3v) is 4.80. The molecule has 138 valence electrons. The van der Waals surface area contributed by atoms with Gasteiger partial charge in [0.05, 0.1) is 23.8 Å². The quantitative estimate of drug-likeness (QED) is 0.807. The predicted molar refractivity (Wildman–Crippen MR) is 99.8 cm³/mol. The van der Waals surface area contributed by atoms with Crippen molar-refractivity contribution in [3.63, 3.8) is 0 Å². The van der Waals surface area contributed by atoms with E-state index in [1.165, 1.54) is 0 Å². The molecular weight excluding hydrogens is 330 g/mol. The number of carbonyl (C=O) groups excluding carboxylic acids is 2. The second-order valence-corrected chi connectivity index (χ2v) is 6.38. The topological polar surface area (TPSA) is 69.6 Å². The SMILES string of the molecule is CCN(CC)C(=O)CN1CCN(C(=O)c2cnc3ccccc3n2)CC1. The van der Waals surface area contributed by atoms with Crippen LogP contribution in [0.25, 0.3) is 11.0 Å². The molecule has 0 radical (unpaired) electrons. The highest BCUT2D eigenvalue weighted by Gasteiger charge is 2.25. The molecule has 0 unspecified atom stereocenters. The number of para-hydroxylation sites is 2. The van der Waals surface area contributed by atoms with Crippen molar-refractivity contribution in [3.8, 4) is 0 Å². The number of benzene rings is 1. The molecular formula is C19H25N5O2. The van der Waals surface area contributed by atoms with E-state index in [4.69, 9.17) is 0 Å². The van der Waals surface area contributed by atoms with Gasteiger partial charge < -0.3 is 9.80 Å². The Morgan fingerprint density at radius 2 is 1.69 bits per heavy atom. The molecule has 2 aromatic rings. The van der Waals surface area contributed by atoms with Gasteiger partial charge in [-0.1, -0.05) is 12.1 Å². The molecule has 0 N–H and O–H groups in total. The largest absolute Gasteiger partial charge is 0.342 e. The first-order chi connectivity index (χ1) is 12.6. The van der Waals surface area contributed by atoms with Crippen LogP contribution in [0.1, 0.15) is 24.3 Å². The molecule has 2 amide bonds. The molecule has 3 rings (SSSR count). The fourth-order valence-corrected chi connectivity index (χ4v) is 3.20. The molecule has 1 aromatic carbocycles. The molecule has 0 saturated carbocycles. The maximum absolute atomic E-state index is 12.7. The summed E-state index contributed by atoms with van der Waals surface area (Å²) in [6.45, 7) is 8.44. The fourth-order valence-electron chi connectivity index (χ4n) is 3.20. The van der Waals surface area contributed by atoms with E-state index in [2.05, 4.69) is 14.9 Å². The van der Waals surface area contributed by atoms with Gasteiger partial charge >= 0.3 is 0 Å². The van der Waals surface area contributed by atoms with Gasteiger partial charge in [0.15, 0.2) is 0 Å². The van der Waals surface area contributed by atoms with Crippen molar-refractivity contribution < 1.29 is 9.59 Å². The molecule has 0 atom stereocenters. The van der Waals surface area contributed by atoms with Gasteiger partial charge in [-0.3, -0.25) is 19.5 Å². The summed E-state index contributed by atoms with van der Waals surface area (Å²) >= 11 is 0. The number of amides is 2. The monoisotopic (exact) mass is 355 g/mol. The third kappa shape index (κ3) is 3.99. The molecule has 7 heteroatoms. The molecule has 1 aromatic heterocycles. The van der Waals surface area contributed by atoms with Crippen molar-refractivity contribution in [2.75, 3.05) is 45.8 Å². The van der Waals surface area contributed by atoms with Crippen LogP contribution in [0.2, 0.25) is 0 Å².